The third-order valence-electron chi connectivity index (χ3n) is 3.78. The second kappa shape index (κ2) is 8.05. The van der Waals surface area contributed by atoms with E-state index >= 15 is 0 Å². The highest BCUT2D eigenvalue weighted by Crippen LogP contribution is 2.22. The molecule has 1 unspecified atom stereocenters. The first-order chi connectivity index (χ1) is 9.28. The van der Waals surface area contributed by atoms with Gasteiger partial charge in [-0.15, -0.1) is 0 Å². The molecule has 1 aromatic rings. The number of benzene rings is 1. The zero-order valence-corrected chi connectivity index (χ0v) is 13.9. The van der Waals surface area contributed by atoms with Crippen LogP contribution in [0.1, 0.15) is 44.6 Å². The summed E-state index contributed by atoms with van der Waals surface area (Å²) in [5.41, 5.74) is 3.12. The Hall–Kier alpha value is -0.350. The van der Waals surface area contributed by atoms with E-state index in [2.05, 4.69) is 65.2 Å². The summed E-state index contributed by atoms with van der Waals surface area (Å²) in [7, 11) is 0. The minimum atomic E-state index is 0.592. The highest BCUT2D eigenvalue weighted by Gasteiger charge is 2.12. The van der Waals surface area contributed by atoms with Gasteiger partial charge in [-0.2, -0.15) is 0 Å². The summed E-state index contributed by atoms with van der Waals surface area (Å²) in [6.07, 6.45) is 10.2. The van der Waals surface area contributed by atoms with E-state index in [0.717, 1.165) is 13.0 Å². The summed E-state index contributed by atoms with van der Waals surface area (Å²) in [5, 5.41) is 3.65. The van der Waals surface area contributed by atoms with E-state index in [1.54, 1.807) is 5.57 Å². The van der Waals surface area contributed by atoms with Crippen molar-refractivity contribution in [2.24, 2.45) is 0 Å². The fraction of sp³-hybridized carbons (Fsp3) is 0.529. The highest BCUT2D eigenvalue weighted by molar-refractivity contribution is 14.1. The monoisotopic (exact) mass is 369 g/mol. The molecule has 0 saturated heterocycles. The lowest BCUT2D eigenvalue weighted by Crippen LogP contribution is -2.31. The lowest BCUT2D eigenvalue weighted by Gasteiger charge is -2.21. The minimum absolute atomic E-state index is 0.592. The summed E-state index contributed by atoms with van der Waals surface area (Å²) in [5.74, 6) is 0. The summed E-state index contributed by atoms with van der Waals surface area (Å²) in [4.78, 5) is 0. The molecule has 1 aliphatic carbocycles. The first-order valence-electron chi connectivity index (χ1n) is 7.43. The molecule has 0 amide bonds. The van der Waals surface area contributed by atoms with Crippen LogP contribution in [-0.4, -0.2) is 12.6 Å². The first-order valence-corrected chi connectivity index (χ1v) is 8.51. The number of allylic oxidation sites excluding steroid dienone is 1. The minimum Gasteiger partial charge on any atom is -0.314 e. The van der Waals surface area contributed by atoms with Crippen molar-refractivity contribution in [2.75, 3.05) is 6.54 Å². The number of hydrogen-bond acceptors (Lipinski definition) is 1. The first kappa shape index (κ1) is 15.0. The molecule has 2 heteroatoms. The molecule has 1 aromatic carbocycles. The van der Waals surface area contributed by atoms with Crippen LogP contribution < -0.4 is 5.32 Å². The number of likely N-dealkylation sites (N-methyl/N-ethyl adjacent to an activating group) is 1. The molecule has 1 nitrogen and oxygen atoms in total. The van der Waals surface area contributed by atoms with E-state index in [-0.39, 0.29) is 0 Å². The van der Waals surface area contributed by atoms with Crippen molar-refractivity contribution in [2.45, 2.75) is 51.5 Å². The number of nitrogens with one attached hydrogen (secondary N) is 1. The van der Waals surface area contributed by atoms with Crippen molar-refractivity contribution in [1.82, 2.24) is 5.32 Å². The molecule has 0 heterocycles. The smallest absolute Gasteiger partial charge is 0.0144 e. The second-order valence-electron chi connectivity index (χ2n) is 5.40. The normalized spacial score (nSPS) is 17.1. The fourth-order valence-electron chi connectivity index (χ4n) is 2.82. The summed E-state index contributed by atoms with van der Waals surface area (Å²) < 4.78 is 1.32. The molecule has 0 saturated carbocycles. The maximum atomic E-state index is 3.65. The van der Waals surface area contributed by atoms with E-state index in [9.17, 15) is 0 Å². The van der Waals surface area contributed by atoms with E-state index in [1.807, 2.05) is 0 Å². The van der Waals surface area contributed by atoms with Crippen LogP contribution >= 0.6 is 22.6 Å². The molecule has 0 aliphatic heterocycles. The van der Waals surface area contributed by atoms with Crippen LogP contribution in [-0.2, 0) is 6.42 Å². The van der Waals surface area contributed by atoms with Gasteiger partial charge in [-0.25, -0.2) is 0 Å². The maximum absolute atomic E-state index is 3.65. The van der Waals surface area contributed by atoms with Gasteiger partial charge in [-0.3, -0.25) is 0 Å². The molecule has 0 bridgehead atoms. The molecule has 1 N–H and O–H groups in total. The average molecular weight is 369 g/mol. The van der Waals surface area contributed by atoms with Gasteiger partial charge in [0, 0.05) is 9.61 Å². The zero-order chi connectivity index (χ0) is 13.5. The van der Waals surface area contributed by atoms with E-state index in [0.29, 0.717) is 6.04 Å². The molecule has 1 atom stereocenters. The Bertz CT molecular complexity index is 408. The fourth-order valence-corrected chi connectivity index (χ4v) is 3.18. The molecular formula is C17H24IN. The standard InChI is InChI=1S/C17H24IN/c1-2-19-17(12-14-6-4-3-5-7-14)13-15-8-10-16(18)11-9-15/h6,8-11,17,19H,2-5,7,12-13H2,1H3. The second-order valence-corrected chi connectivity index (χ2v) is 6.64. The van der Waals surface area contributed by atoms with Gasteiger partial charge in [0.25, 0.3) is 0 Å². The van der Waals surface area contributed by atoms with Crippen molar-refractivity contribution in [1.29, 1.82) is 0 Å². The number of halogens is 1. The van der Waals surface area contributed by atoms with Crippen LogP contribution in [0.5, 0.6) is 0 Å². The largest absolute Gasteiger partial charge is 0.314 e. The summed E-state index contributed by atoms with van der Waals surface area (Å²) in [6.45, 7) is 3.26. The quantitative estimate of drug-likeness (QED) is 0.566. The molecule has 19 heavy (non-hydrogen) atoms. The Kier molecular flexibility index (Phi) is 6.38. The Morgan fingerprint density at radius 1 is 1.16 bits per heavy atom. The van der Waals surface area contributed by atoms with Crippen LogP contribution in [0.15, 0.2) is 35.9 Å². The van der Waals surface area contributed by atoms with Crippen LogP contribution in [0.4, 0.5) is 0 Å². The van der Waals surface area contributed by atoms with Crippen LogP contribution in [0.25, 0.3) is 0 Å². The third-order valence-corrected chi connectivity index (χ3v) is 4.50. The zero-order valence-electron chi connectivity index (χ0n) is 11.8. The Morgan fingerprint density at radius 2 is 1.95 bits per heavy atom. The molecule has 0 spiro atoms. The van der Waals surface area contributed by atoms with E-state index in [1.165, 1.54) is 41.2 Å². The molecule has 0 fully saturated rings. The summed E-state index contributed by atoms with van der Waals surface area (Å²) in [6, 6.07) is 9.54. The van der Waals surface area contributed by atoms with Crippen molar-refractivity contribution in [3.8, 4) is 0 Å². The van der Waals surface area contributed by atoms with Gasteiger partial charge in [0.1, 0.15) is 0 Å². The predicted octanol–water partition coefficient (Wildman–Crippen LogP) is 4.70. The van der Waals surface area contributed by atoms with Crippen molar-refractivity contribution >= 4 is 22.6 Å². The van der Waals surface area contributed by atoms with Crippen LogP contribution in [0, 0.1) is 3.57 Å². The molecule has 2 rings (SSSR count). The van der Waals surface area contributed by atoms with Crippen LogP contribution in [0.3, 0.4) is 0 Å². The van der Waals surface area contributed by atoms with Gasteiger partial charge in [0.15, 0.2) is 0 Å². The van der Waals surface area contributed by atoms with Crippen LogP contribution in [0.2, 0.25) is 0 Å². The molecule has 0 radical (unpaired) electrons. The Labute approximate surface area is 131 Å². The predicted molar refractivity (Wildman–Crippen MR) is 91.5 cm³/mol. The third kappa shape index (κ3) is 5.27. The SMILES string of the molecule is CCNC(CC1=CCCCC1)Cc1ccc(I)cc1. The number of hydrogen-bond donors (Lipinski definition) is 1. The van der Waals surface area contributed by atoms with Gasteiger partial charge in [-0.1, -0.05) is 30.7 Å². The topological polar surface area (TPSA) is 12.0 Å². The summed E-state index contributed by atoms with van der Waals surface area (Å²) >= 11 is 2.37. The Morgan fingerprint density at radius 3 is 2.58 bits per heavy atom. The highest BCUT2D eigenvalue weighted by atomic mass is 127. The van der Waals surface area contributed by atoms with Crippen molar-refractivity contribution in [3.05, 3.63) is 45.0 Å². The van der Waals surface area contributed by atoms with Gasteiger partial charge in [0.2, 0.25) is 0 Å². The van der Waals surface area contributed by atoms with Gasteiger partial charge < -0.3 is 5.32 Å². The molecular weight excluding hydrogens is 345 g/mol. The van der Waals surface area contributed by atoms with Crippen molar-refractivity contribution in [3.63, 3.8) is 0 Å². The molecule has 104 valence electrons. The van der Waals surface area contributed by atoms with E-state index < -0.39 is 0 Å². The van der Waals surface area contributed by atoms with Gasteiger partial charge >= 0.3 is 0 Å². The lowest BCUT2D eigenvalue weighted by atomic mass is 9.92. The van der Waals surface area contributed by atoms with Gasteiger partial charge in [-0.05, 0) is 85.4 Å². The van der Waals surface area contributed by atoms with E-state index in [4.69, 9.17) is 0 Å². The maximum Gasteiger partial charge on any atom is 0.0144 e. The van der Waals surface area contributed by atoms with Crippen molar-refractivity contribution < 1.29 is 0 Å². The number of rotatable bonds is 6. The lowest BCUT2D eigenvalue weighted by molar-refractivity contribution is 0.504. The molecule has 0 aromatic heterocycles. The Balaban J connectivity index is 1.95. The molecule has 1 aliphatic rings. The van der Waals surface area contributed by atoms with Gasteiger partial charge in [0.05, 0.1) is 0 Å². The average Bonchev–Trinajstić information content (AvgIpc) is 2.43.